The Morgan fingerprint density at radius 2 is 1.84 bits per heavy atom. The molecule has 0 unspecified atom stereocenters. The first-order valence-corrected chi connectivity index (χ1v) is 5.77. The predicted molar refractivity (Wildman–Crippen MR) is 58.5 cm³/mol. The highest BCUT2D eigenvalue weighted by atomic mass is 32.2. The van der Waals surface area contributed by atoms with Gasteiger partial charge in [-0.3, -0.25) is 10.1 Å². The topological polar surface area (TPSA) is 105 Å². The number of hydrogen-bond donors (Lipinski definition) is 3. The molecule has 0 heterocycles. The van der Waals surface area contributed by atoms with Crippen molar-refractivity contribution >= 4 is 29.7 Å². The van der Waals surface area contributed by atoms with E-state index < -0.39 is 36.6 Å². The van der Waals surface area contributed by atoms with Crippen molar-refractivity contribution in [2.45, 2.75) is 5.51 Å². The van der Waals surface area contributed by atoms with Crippen molar-refractivity contribution in [1.82, 2.24) is 10.6 Å². The van der Waals surface area contributed by atoms with Crippen LogP contribution in [0.15, 0.2) is 0 Å². The highest BCUT2D eigenvalue weighted by Gasteiger charge is 2.27. The monoisotopic (exact) mass is 304 g/mol. The number of urea groups is 1. The number of amides is 3. The Hall–Kier alpha value is -1.49. The lowest BCUT2D eigenvalue weighted by atomic mass is 10.6. The molecule has 0 aromatic rings. The number of aliphatic carboxylic acids is 1. The molecule has 0 spiro atoms. The fourth-order valence-corrected chi connectivity index (χ4v) is 1.20. The van der Waals surface area contributed by atoms with E-state index >= 15 is 0 Å². The van der Waals surface area contributed by atoms with Crippen LogP contribution in [0.3, 0.4) is 0 Å². The van der Waals surface area contributed by atoms with E-state index in [1.54, 1.807) is 5.32 Å². The van der Waals surface area contributed by atoms with E-state index in [-0.39, 0.29) is 24.1 Å². The number of carbonyl (C=O) groups excluding carboxylic acids is 2. The Morgan fingerprint density at radius 3 is 2.37 bits per heavy atom. The second-order valence-electron chi connectivity index (χ2n) is 2.98. The van der Waals surface area contributed by atoms with Crippen LogP contribution >= 0.6 is 11.8 Å². The van der Waals surface area contributed by atoms with E-state index in [0.29, 0.717) is 0 Å². The smallest absolute Gasteiger partial charge is 0.441 e. The zero-order chi connectivity index (χ0) is 14.9. The van der Waals surface area contributed by atoms with Gasteiger partial charge in [0.2, 0.25) is 0 Å². The first-order valence-electron chi connectivity index (χ1n) is 4.78. The Balaban J connectivity index is 3.63. The second-order valence-corrected chi connectivity index (χ2v) is 4.14. The van der Waals surface area contributed by atoms with E-state index in [1.807, 2.05) is 5.32 Å². The highest BCUT2D eigenvalue weighted by molar-refractivity contribution is 8.00. The fourth-order valence-electron chi connectivity index (χ4n) is 0.769. The van der Waals surface area contributed by atoms with Crippen LogP contribution in [0.5, 0.6) is 0 Å². The van der Waals surface area contributed by atoms with Gasteiger partial charge in [0, 0.05) is 12.3 Å². The summed E-state index contributed by atoms with van der Waals surface area (Å²) in [5.41, 5.74) is -4.38. The minimum absolute atomic E-state index is 0.278. The Morgan fingerprint density at radius 1 is 1.21 bits per heavy atom. The van der Waals surface area contributed by atoms with Gasteiger partial charge in [0.15, 0.2) is 0 Å². The number of carbonyl (C=O) groups is 3. The van der Waals surface area contributed by atoms with Gasteiger partial charge < -0.3 is 15.2 Å². The lowest BCUT2D eigenvalue weighted by molar-refractivity contribution is -0.143. The van der Waals surface area contributed by atoms with E-state index in [1.165, 1.54) is 0 Å². The minimum Gasteiger partial charge on any atom is -0.480 e. The third-order valence-electron chi connectivity index (χ3n) is 1.36. The largest absolute Gasteiger partial charge is 0.480 e. The van der Waals surface area contributed by atoms with Crippen LogP contribution in [-0.4, -0.2) is 54.0 Å². The molecule has 3 amide bonds. The van der Waals surface area contributed by atoms with Gasteiger partial charge in [-0.25, -0.2) is 9.59 Å². The maximum Gasteiger partial charge on any atom is 0.441 e. The summed E-state index contributed by atoms with van der Waals surface area (Å²) in [6.45, 7) is -1.62. The predicted octanol–water partition coefficient (Wildman–Crippen LogP) is 0.166. The molecule has 0 radical (unpaired) electrons. The number of nitrogens with one attached hydrogen (secondary N) is 2. The van der Waals surface area contributed by atoms with Gasteiger partial charge in [-0.15, -0.1) is 0 Å². The Kier molecular flexibility index (Phi) is 7.91. The van der Waals surface area contributed by atoms with Crippen molar-refractivity contribution in [3.8, 4) is 0 Å². The van der Waals surface area contributed by atoms with Gasteiger partial charge in [0.25, 0.3) is 5.91 Å². The number of carboxylic acids is 1. The molecule has 0 aliphatic rings. The summed E-state index contributed by atoms with van der Waals surface area (Å²) in [5, 5.41) is 12.0. The van der Waals surface area contributed by atoms with Crippen LogP contribution < -0.4 is 10.6 Å². The molecule has 11 heteroatoms. The van der Waals surface area contributed by atoms with Crippen LogP contribution in [0, 0.1) is 0 Å². The number of hydrogen-bond acceptors (Lipinski definition) is 5. The molecule has 0 atom stereocenters. The van der Waals surface area contributed by atoms with E-state index in [2.05, 4.69) is 4.74 Å². The van der Waals surface area contributed by atoms with Crippen LogP contribution in [0.2, 0.25) is 0 Å². The molecule has 19 heavy (non-hydrogen) atoms. The zero-order valence-electron chi connectivity index (χ0n) is 9.45. The standard InChI is InChI=1S/C8H11F3N2O5S/c9-8(10,11)19-2-1-12-7(17)13-5(14)3-18-4-6(15)16/h1-4H2,(H,15,16)(H2,12,13,14,17). The average Bonchev–Trinajstić information content (AvgIpc) is 2.22. The molecule has 7 nitrogen and oxygen atoms in total. The molecule has 0 saturated carbocycles. The average molecular weight is 304 g/mol. The number of alkyl halides is 3. The first-order chi connectivity index (χ1) is 8.70. The molecule has 0 bridgehead atoms. The lowest BCUT2D eigenvalue weighted by Gasteiger charge is -2.07. The number of carboxylic acid groups (broad SMARTS) is 1. The molecule has 0 aliphatic heterocycles. The minimum atomic E-state index is -4.38. The zero-order valence-corrected chi connectivity index (χ0v) is 10.3. The summed E-state index contributed by atoms with van der Waals surface area (Å²) >= 11 is -0.306. The molecule has 110 valence electrons. The van der Waals surface area contributed by atoms with Gasteiger partial charge in [-0.1, -0.05) is 0 Å². The molecule has 3 N–H and O–H groups in total. The molecule has 0 rings (SSSR count). The summed E-state index contributed by atoms with van der Waals surface area (Å²) in [5.74, 6) is -2.57. The third-order valence-corrected chi connectivity index (χ3v) is 2.10. The van der Waals surface area contributed by atoms with Crippen molar-refractivity contribution in [3.63, 3.8) is 0 Å². The van der Waals surface area contributed by atoms with Crippen molar-refractivity contribution in [1.29, 1.82) is 0 Å². The maximum atomic E-state index is 11.7. The molecule has 0 aromatic carbocycles. The van der Waals surface area contributed by atoms with Gasteiger partial charge >= 0.3 is 17.5 Å². The van der Waals surface area contributed by atoms with Crippen LogP contribution in [0.1, 0.15) is 0 Å². The molecular formula is C8H11F3N2O5S. The summed E-state index contributed by atoms with van der Waals surface area (Å²) < 4.78 is 39.5. The number of imide groups is 1. The van der Waals surface area contributed by atoms with Crippen LogP contribution in [0.4, 0.5) is 18.0 Å². The summed E-state index contributed by atoms with van der Waals surface area (Å²) in [7, 11) is 0. The van der Waals surface area contributed by atoms with Crippen molar-refractivity contribution in [2.75, 3.05) is 25.5 Å². The molecule has 0 aromatic heterocycles. The number of rotatable bonds is 7. The molecule has 0 saturated heterocycles. The summed E-state index contributed by atoms with van der Waals surface area (Å²) in [6.07, 6.45) is 0. The van der Waals surface area contributed by atoms with E-state index in [4.69, 9.17) is 5.11 Å². The van der Waals surface area contributed by atoms with Gasteiger partial charge in [-0.05, 0) is 11.8 Å². The first kappa shape index (κ1) is 17.5. The van der Waals surface area contributed by atoms with Crippen LogP contribution in [-0.2, 0) is 14.3 Å². The van der Waals surface area contributed by atoms with Gasteiger partial charge in [-0.2, -0.15) is 13.2 Å². The maximum absolute atomic E-state index is 11.7. The number of thioether (sulfide) groups is 1. The van der Waals surface area contributed by atoms with Gasteiger partial charge in [0.1, 0.15) is 13.2 Å². The highest BCUT2D eigenvalue weighted by Crippen LogP contribution is 2.29. The van der Waals surface area contributed by atoms with Crippen LogP contribution in [0.25, 0.3) is 0 Å². The van der Waals surface area contributed by atoms with E-state index in [0.717, 1.165) is 0 Å². The van der Waals surface area contributed by atoms with Gasteiger partial charge in [0.05, 0.1) is 0 Å². The number of halogens is 3. The quantitative estimate of drug-likeness (QED) is 0.579. The third kappa shape index (κ3) is 12.8. The molecule has 0 fully saturated rings. The Bertz CT molecular complexity index is 337. The fraction of sp³-hybridized carbons (Fsp3) is 0.625. The summed E-state index contributed by atoms with van der Waals surface area (Å²) in [6, 6.07) is -0.980. The van der Waals surface area contributed by atoms with E-state index in [9.17, 15) is 27.6 Å². The van der Waals surface area contributed by atoms with Crippen molar-refractivity contribution in [2.24, 2.45) is 0 Å². The van der Waals surface area contributed by atoms with Crippen molar-refractivity contribution < 1.29 is 37.4 Å². The molecular weight excluding hydrogens is 293 g/mol. The second kappa shape index (κ2) is 8.58. The normalized spacial score (nSPS) is 10.9. The van der Waals surface area contributed by atoms with Crippen molar-refractivity contribution in [3.05, 3.63) is 0 Å². The Labute approximate surface area is 109 Å². The number of ether oxygens (including phenoxy) is 1. The summed E-state index contributed by atoms with van der Waals surface area (Å²) in [4.78, 5) is 31.9. The lowest BCUT2D eigenvalue weighted by Crippen LogP contribution is -2.42. The molecule has 0 aliphatic carbocycles. The SMILES string of the molecule is O=C(O)COCC(=O)NC(=O)NCCSC(F)(F)F.